The number of piperazine rings is 1. The summed E-state index contributed by atoms with van der Waals surface area (Å²) in [7, 11) is 1.65. The zero-order valence-corrected chi connectivity index (χ0v) is 13.8. The summed E-state index contributed by atoms with van der Waals surface area (Å²) in [6.45, 7) is 5.47. The van der Waals surface area contributed by atoms with Gasteiger partial charge in [0.25, 0.3) is 0 Å². The lowest BCUT2D eigenvalue weighted by molar-refractivity contribution is 0.151. The first kappa shape index (κ1) is 16.8. The predicted octanol–water partition coefficient (Wildman–Crippen LogP) is 1.99. The van der Waals surface area contributed by atoms with Crippen molar-refractivity contribution in [3.63, 3.8) is 0 Å². The fraction of sp³-hybridized carbons (Fsp3) is 0.600. The van der Waals surface area contributed by atoms with E-state index < -0.39 is 0 Å². The second-order valence-corrected chi connectivity index (χ2v) is 5.76. The Kier molecular flexibility index (Phi) is 6.27. The summed E-state index contributed by atoms with van der Waals surface area (Å²) < 4.78 is 5.11. The van der Waals surface area contributed by atoms with Gasteiger partial charge in [0, 0.05) is 39.5 Å². The number of hydrogen-bond donors (Lipinski definition) is 1. The SMILES string of the molecule is CCC(COC)NC(=O)N1CCN(c2ccc(Cl)cn2)CC1. The van der Waals surface area contributed by atoms with Crippen LogP contribution in [-0.4, -0.2) is 61.9 Å². The molecule has 1 fully saturated rings. The molecule has 7 heteroatoms. The third kappa shape index (κ3) is 4.48. The number of halogens is 1. The number of hydrogen-bond acceptors (Lipinski definition) is 4. The van der Waals surface area contributed by atoms with Gasteiger partial charge in [0.1, 0.15) is 5.82 Å². The number of ether oxygens (including phenoxy) is 1. The van der Waals surface area contributed by atoms with E-state index in [2.05, 4.69) is 15.2 Å². The van der Waals surface area contributed by atoms with E-state index in [1.807, 2.05) is 24.0 Å². The second-order valence-electron chi connectivity index (χ2n) is 5.32. The molecule has 0 radical (unpaired) electrons. The summed E-state index contributed by atoms with van der Waals surface area (Å²) in [4.78, 5) is 20.6. The first-order valence-corrected chi connectivity index (χ1v) is 7.92. The van der Waals surface area contributed by atoms with Crippen molar-refractivity contribution in [3.8, 4) is 0 Å². The third-order valence-corrected chi connectivity index (χ3v) is 4.01. The molecule has 2 heterocycles. The lowest BCUT2D eigenvalue weighted by Gasteiger charge is -2.36. The maximum atomic E-state index is 12.2. The molecule has 0 aliphatic carbocycles. The van der Waals surface area contributed by atoms with Crippen molar-refractivity contribution in [1.29, 1.82) is 0 Å². The molecule has 1 atom stereocenters. The number of rotatable bonds is 5. The van der Waals surface area contributed by atoms with Crippen molar-refractivity contribution in [2.24, 2.45) is 0 Å². The first-order valence-electron chi connectivity index (χ1n) is 7.55. The van der Waals surface area contributed by atoms with E-state index in [0.29, 0.717) is 24.7 Å². The number of anilines is 1. The molecule has 0 aromatic carbocycles. The molecule has 1 aromatic heterocycles. The molecular formula is C15H23ClN4O2. The minimum absolute atomic E-state index is 0.0207. The van der Waals surface area contributed by atoms with Gasteiger partial charge in [0.05, 0.1) is 17.7 Å². The number of nitrogens with zero attached hydrogens (tertiary/aromatic N) is 3. The van der Waals surface area contributed by atoms with E-state index >= 15 is 0 Å². The Morgan fingerprint density at radius 1 is 1.41 bits per heavy atom. The molecule has 0 bridgehead atoms. The van der Waals surface area contributed by atoms with E-state index in [-0.39, 0.29) is 12.1 Å². The highest BCUT2D eigenvalue weighted by Crippen LogP contribution is 2.16. The molecule has 6 nitrogen and oxygen atoms in total. The largest absolute Gasteiger partial charge is 0.383 e. The van der Waals surface area contributed by atoms with Crippen LogP contribution in [0.5, 0.6) is 0 Å². The van der Waals surface area contributed by atoms with Crippen molar-refractivity contribution in [2.75, 3.05) is 44.8 Å². The van der Waals surface area contributed by atoms with Gasteiger partial charge in [0.2, 0.25) is 0 Å². The summed E-state index contributed by atoms with van der Waals surface area (Å²) >= 11 is 5.85. The van der Waals surface area contributed by atoms with Crippen LogP contribution in [0.3, 0.4) is 0 Å². The van der Waals surface area contributed by atoms with Gasteiger partial charge in [-0.3, -0.25) is 0 Å². The maximum absolute atomic E-state index is 12.2. The van der Waals surface area contributed by atoms with Crippen molar-refractivity contribution in [3.05, 3.63) is 23.4 Å². The maximum Gasteiger partial charge on any atom is 0.317 e. The van der Waals surface area contributed by atoms with Crippen molar-refractivity contribution >= 4 is 23.4 Å². The summed E-state index contributed by atoms with van der Waals surface area (Å²) in [5.74, 6) is 0.898. The Hall–Kier alpha value is -1.53. The van der Waals surface area contributed by atoms with Crippen LogP contribution in [-0.2, 0) is 4.74 Å². The Balaban J connectivity index is 1.83. The van der Waals surface area contributed by atoms with Crippen molar-refractivity contribution in [2.45, 2.75) is 19.4 Å². The number of carbonyl (C=O) groups excluding carboxylic acids is 1. The second kappa shape index (κ2) is 8.19. The zero-order valence-electron chi connectivity index (χ0n) is 13.1. The van der Waals surface area contributed by atoms with Crippen LogP contribution in [0, 0.1) is 0 Å². The molecule has 0 saturated carbocycles. The highest BCUT2D eigenvalue weighted by Gasteiger charge is 2.23. The summed E-state index contributed by atoms with van der Waals surface area (Å²) in [5.41, 5.74) is 0. The van der Waals surface area contributed by atoms with Crippen LogP contribution < -0.4 is 10.2 Å². The van der Waals surface area contributed by atoms with Gasteiger partial charge in [-0.2, -0.15) is 0 Å². The highest BCUT2D eigenvalue weighted by atomic mass is 35.5. The lowest BCUT2D eigenvalue weighted by Crippen LogP contribution is -2.54. The molecule has 1 saturated heterocycles. The molecule has 2 rings (SSSR count). The van der Waals surface area contributed by atoms with Crippen LogP contribution in [0.2, 0.25) is 5.02 Å². The summed E-state index contributed by atoms with van der Waals surface area (Å²) in [6, 6.07) is 3.78. The quantitative estimate of drug-likeness (QED) is 0.899. The Morgan fingerprint density at radius 2 is 2.14 bits per heavy atom. The van der Waals surface area contributed by atoms with Gasteiger partial charge < -0.3 is 19.9 Å². The number of aromatic nitrogens is 1. The number of nitrogens with one attached hydrogen (secondary N) is 1. The molecule has 122 valence electrons. The zero-order chi connectivity index (χ0) is 15.9. The fourth-order valence-corrected chi connectivity index (χ4v) is 2.53. The highest BCUT2D eigenvalue weighted by molar-refractivity contribution is 6.30. The summed E-state index contributed by atoms with van der Waals surface area (Å²) in [6.07, 6.45) is 2.50. The van der Waals surface area contributed by atoms with Crippen molar-refractivity contribution in [1.82, 2.24) is 15.2 Å². The Labute approximate surface area is 136 Å². The monoisotopic (exact) mass is 326 g/mol. The van der Waals surface area contributed by atoms with E-state index in [1.54, 1.807) is 13.3 Å². The number of carbonyl (C=O) groups is 1. The summed E-state index contributed by atoms with van der Waals surface area (Å²) in [5, 5.41) is 3.64. The third-order valence-electron chi connectivity index (χ3n) is 3.79. The predicted molar refractivity (Wildman–Crippen MR) is 87.5 cm³/mol. The standard InChI is InChI=1S/C15H23ClN4O2/c1-3-13(11-22-2)18-15(21)20-8-6-19(7-9-20)14-5-4-12(16)10-17-14/h4-5,10,13H,3,6-9,11H2,1-2H3,(H,18,21). The van der Waals surface area contributed by atoms with Crippen LogP contribution >= 0.6 is 11.6 Å². The van der Waals surface area contributed by atoms with Crippen LogP contribution in [0.15, 0.2) is 18.3 Å². The van der Waals surface area contributed by atoms with Gasteiger partial charge in [0.15, 0.2) is 0 Å². The molecule has 1 unspecified atom stereocenters. The number of pyridine rings is 1. The molecule has 2 amide bonds. The van der Waals surface area contributed by atoms with E-state index in [9.17, 15) is 4.79 Å². The first-order chi connectivity index (χ1) is 10.6. The number of amides is 2. The van der Waals surface area contributed by atoms with Gasteiger partial charge in [-0.15, -0.1) is 0 Å². The molecule has 1 aliphatic rings. The minimum atomic E-state index is -0.0207. The molecule has 1 N–H and O–H groups in total. The average Bonchev–Trinajstić information content (AvgIpc) is 2.55. The van der Waals surface area contributed by atoms with Gasteiger partial charge in [-0.25, -0.2) is 9.78 Å². The van der Waals surface area contributed by atoms with Crippen LogP contribution in [0.25, 0.3) is 0 Å². The topological polar surface area (TPSA) is 57.7 Å². The number of methoxy groups -OCH3 is 1. The average molecular weight is 327 g/mol. The van der Waals surface area contributed by atoms with Crippen LogP contribution in [0.1, 0.15) is 13.3 Å². The van der Waals surface area contributed by atoms with Gasteiger partial charge in [-0.1, -0.05) is 18.5 Å². The molecule has 22 heavy (non-hydrogen) atoms. The molecule has 1 aromatic rings. The van der Waals surface area contributed by atoms with E-state index in [0.717, 1.165) is 25.3 Å². The minimum Gasteiger partial charge on any atom is -0.383 e. The van der Waals surface area contributed by atoms with Gasteiger partial charge in [-0.05, 0) is 18.6 Å². The Bertz CT molecular complexity index is 475. The van der Waals surface area contributed by atoms with Crippen LogP contribution in [0.4, 0.5) is 10.6 Å². The normalized spacial score (nSPS) is 16.5. The van der Waals surface area contributed by atoms with E-state index in [1.165, 1.54) is 0 Å². The molecule has 0 spiro atoms. The number of urea groups is 1. The molecule has 1 aliphatic heterocycles. The smallest absolute Gasteiger partial charge is 0.317 e. The van der Waals surface area contributed by atoms with E-state index in [4.69, 9.17) is 16.3 Å². The van der Waals surface area contributed by atoms with Gasteiger partial charge >= 0.3 is 6.03 Å². The molecular weight excluding hydrogens is 304 g/mol. The Morgan fingerprint density at radius 3 is 2.68 bits per heavy atom. The van der Waals surface area contributed by atoms with Crippen molar-refractivity contribution < 1.29 is 9.53 Å². The lowest BCUT2D eigenvalue weighted by atomic mass is 10.2. The fourth-order valence-electron chi connectivity index (χ4n) is 2.42.